The molecule has 4 N–H and O–H groups in total. The summed E-state index contributed by atoms with van der Waals surface area (Å²) in [5.41, 5.74) is 10.6. The molecule has 0 aliphatic rings. The van der Waals surface area contributed by atoms with Crippen molar-refractivity contribution in [3.63, 3.8) is 0 Å². The van der Waals surface area contributed by atoms with Crippen molar-refractivity contribution in [2.75, 3.05) is 11.9 Å². The average Bonchev–Trinajstić information content (AvgIpc) is 3.07. The van der Waals surface area contributed by atoms with Crippen LogP contribution in [0.5, 0.6) is 0 Å². The number of anilines is 1. The predicted molar refractivity (Wildman–Crippen MR) is 118 cm³/mol. The van der Waals surface area contributed by atoms with Crippen LogP contribution < -0.4 is 11.1 Å². The molecule has 7 nitrogen and oxygen atoms in total. The molecule has 4 rings (SSSR count). The molecule has 0 saturated heterocycles. The third-order valence-corrected chi connectivity index (χ3v) is 5.04. The number of amidine groups is 1. The minimum atomic E-state index is -0.0149. The van der Waals surface area contributed by atoms with Crippen molar-refractivity contribution in [2.24, 2.45) is 12.8 Å². The number of Topliss-reactive ketones (excluding diaryl/α,β-unsaturated/α-hetero) is 1. The van der Waals surface area contributed by atoms with E-state index in [-0.39, 0.29) is 18.2 Å². The van der Waals surface area contributed by atoms with Gasteiger partial charge in [0, 0.05) is 42.7 Å². The van der Waals surface area contributed by atoms with Gasteiger partial charge < -0.3 is 15.6 Å². The third kappa shape index (κ3) is 4.05. The van der Waals surface area contributed by atoms with Crippen molar-refractivity contribution >= 4 is 28.3 Å². The fourth-order valence-electron chi connectivity index (χ4n) is 3.31. The number of nitrogens with two attached hydrogens (primary N) is 1. The van der Waals surface area contributed by atoms with Gasteiger partial charge in [-0.05, 0) is 35.9 Å². The summed E-state index contributed by atoms with van der Waals surface area (Å²) in [6.07, 6.45) is 3.89. The Bertz CT molecular complexity index is 1210. The summed E-state index contributed by atoms with van der Waals surface area (Å²) < 4.78 is 2.07. The number of aromatic nitrogens is 3. The van der Waals surface area contributed by atoms with Crippen molar-refractivity contribution in [3.05, 3.63) is 89.5 Å². The first-order chi connectivity index (χ1) is 14.5. The summed E-state index contributed by atoms with van der Waals surface area (Å²) in [5, 5.41) is 10.7. The number of rotatable bonds is 7. The van der Waals surface area contributed by atoms with Crippen LogP contribution in [0.1, 0.15) is 27.3 Å². The number of hydrogen-bond acceptors (Lipinski definition) is 5. The van der Waals surface area contributed by atoms with E-state index in [1.807, 2.05) is 49.5 Å². The lowest BCUT2D eigenvalue weighted by Crippen LogP contribution is -2.14. The summed E-state index contributed by atoms with van der Waals surface area (Å²) in [5.74, 6) is 0.981. The zero-order chi connectivity index (χ0) is 21.1. The average molecular weight is 398 g/mol. The van der Waals surface area contributed by atoms with Crippen LogP contribution in [0.25, 0.3) is 11.0 Å². The highest BCUT2D eigenvalue weighted by Gasteiger charge is 2.11. The van der Waals surface area contributed by atoms with Gasteiger partial charge in [-0.2, -0.15) is 0 Å². The van der Waals surface area contributed by atoms with Crippen molar-refractivity contribution in [1.29, 1.82) is 5.41 Å². The Morgan fingerprint density at radius 3 is 2.63 bits per heavy atom. The first-order valence-corrected chi connectivity index (χ1v) is 9.57. The van der Waals surface area contributed by atoms with E-state index in [0.717, 1.165) is 28.1 Å². The molecule has 2 aromatic heterocycles. The number of nitrogens with one attached hydrogen (secondary N) is 2. The summed E-state index contributed by atoms with van der Waals surface area (Å²) in [7, 11) is 1.99. The van der Waals surface area contributed by atoms with Gasteiger partial charge >= 0.3 is 0 Å². The van der Waals surface area contributed by atoms with Gasteiger partial charge in [-0.1, -0.05) is 24.3 Å². The Balaban J connectivity index is 1.49. The third-order valence-electron chi connectivity index (χ3n) is 5.04. The van der Waals surface area contributed by atoms with Crippen molar-refractivity contribution < 1.29 is 4.79 Å². The van der Waals surface area contributed by atoms with Crippen LogP contribution in [0.2, 0.25) is 0 Å². The number of pyridine rings is 1. The fourth-order valence-corrected chi connectivity index (χ4v) is 3.31. The van der Waals surface area contributed by atoms with Gasteiger partial charge in [0.15, 0.2) is 5.78 Å². The Hall–Kier alpha value is -4.00. The van der Waals surface area contributed by atoms with Crippen LogP contribution in [0.4, 0.5) is 5.69 Å². The van der Waals surface area contributed by atoms with Crippen LogP contribution in [-0.4, -0.2) is 32.7 Å². The highest BCUT2D eigenvalue weighted by Crippen LogP contribution is 2.21. The van der Waals surface area contributed by atoms with E-state index in [1.54, 1.807) is 24.5 Å². The zero-order valence-corrected chi connectivity index (χ0v) is 16.6. The Kier molecular flexibility index (Phi) is 5.26. The lowest BCUT2D eigenvalue weighted by atomic mass is 10.1. The molecule has 0 fully saturated rings. The second kappa shape index (κ2) is 8.16. The van der Waals surface area contributed by atoms with E-state index in [9.17, 15) is 4.79 Å². The number of hydrogen-bond donors (Lipinski definition) is 3. The number of carbonyl (C=O) groups is 1. The zero-order valence-electron chi connectivity index (χ0n) is 16.6. The maximum Gasteiger partial charge on any atom is 0.183 e. The molecule has 150 valence electrons. The molecule has 7 heteroatoms. The van der Waals surface area contributed by atoms with E-state index in [0.29, 0.717) is 17.5 Å². The Morgan fingerprint density at radius 2 is 1.93 bits per heavy atom. The van der Waals surface area contributed by atoms with Gasteiger partial charge in [0.25, 0.3) is 0 Å². The monoisotopic (exact) mass is 398 g/mol. The van der Waals surface area contributed by atoms with Gasteiger partial charge in [0.1, 0.15) is 11.7 Å². The number of aryl methyl sites for hydroxylation is 1. The summed E-state index contributed by atoms with van der Waals surface area (Å²) in [6.45, 7) is 0.194. The summed E-state index contributed by atoms with van der Waals surface area (Å²) in [4.78, 5) is 21.0. The van der Waals surface area contributed by atoms with Crippen molar-refractivity contribution in [1.82, 2.24) is 14.5 Å². The maximum absolute atomic E-state index is 12.3. The quantitative estimate of drug-likeness (QED) is 0.252. The van der Waals surface area contributed by atoms with Crippen molar-refractivity contribution in [3.8, 4) is 0 Å². The maximum atomic E-state index is 12.3. The highest BCUT2D eigenvalue weighted by molar-refractivity contribution is 5.98. The number of nitrogen functional groups attached to an aromatic ring is 1. The van der Waals surface area contributed by atoms with Crippen LogP contribution >= 0.6 is 0 Å². The highest BCUT2D eigenvalue weighted by atomic mass is 16.1. The van der Waals surface area contributed by atoms with Gasteiger partial charge in [-0.25, -0.2) is 4.98 Å². The molecule has 0 radical (unpaired) electrons. The molecule has 0 aliphatic heterocycles. The lowest BCUT2D eigenvalue weighted by Gasteiger charge is -2.06. The molecule has 0 unspecified atom stereocenters. The smallest absolute Gasteiger partial charge is 0.183 e. The summed E-state index contributed by atoms with van der Waals surface area (Å²) >= 11 is 0. The lowest BCUT2D eigenvalue weighted by molar-refractivity contribution is 0.101. The minimum absolute atomic E-state index is 0.0149. The molecule has 0 bridgehead atoms. The molecule has 0 aliphatic carbocycles. The van der Waals surface area contributed by atoms with Gasteiger partial charge in [-0.3, -0.25) is 15.2 Å². The molecule has 4 aromatic rings. The number of ketones is 1. The molecule has 0 spiro atoms. The van der Waals surface area contributed by atoms with E-state index >= 15 is 0 Å². The standard InChI is InChI=1S/C23H22N6O/c1-29-20-9-8-18(27-14-21(30)17-3-2-10-26-13-17)12-19(20)28-22(29)11-15-4-6-16(7-5-15)23(24)25/h2-10,12-13,27H,11,14H2,1H3,(H3,24,25). The number of imidazole rings is 1. The van der Waals surface area contributed by atoms with E-state index in [2.05, 4.69) is 14.9 Å². The second-order valence-electron chi connectivity index (χ2n) is 7.10. The predicted octanol–water partition coefficient (Wildman–Crippen LogP) is 3.14. The van der Waals surface area contributed by atoms with Gasteiger partial charge in [0.2, 0.25) is 0 Å². The molecular weight excluding hydrogens is 376 g/mol. The molecular formula is C23H22N6O. The molecule has 0 amide bonds. The number of carbonyl (C=O) groups excluding carboxylic acids is 1. The molecule has 0 atom stereocenters. The molecule has 2 aromatic carbocycles. The Labute approximate surface area is 174 Å². The van der Waals surface area contributed by atoms with E-state index in [1.165, 1.54) is 0 Å². The normalized spacial score (nSPS) is 10.8. The van der Waals surface area contributed by atoms with Gasteiger partial charge in [-0.15, -0.1) is 0 Å². The van der Waals surface area contributed by atoms with Gasteiger partial charge in [0.05, 0.1) is 17.6 Å². The van der Waals surface area contributed by atoms with Crippen LogP contribution in [-0.2, 0) is 13.5 Å². The Morgan fingerprint density at radius 1 is 1.13 bits per heavy atom. The minimum Gasteiger partial charge on any atom is -0.384 e. The summed E-state index contributed by atoms with van der Waals surface area (Å²) in [6, 6.07) is 17.0. The van der Waals surface area contributed by atoms with Crippen molar-refractivity contribution in [2.45, 2.75) is 6.42 Å². The van der Waals surface area contributed by atoms with Crippen LogP contribution in [0, 0.1) is 5.41 Å². The first-order valence-electron chi connectivity index (χ1n) is 9.57. The fraction of sp³-hybridized carbons (Fsp3) is 0.130. The number of benzene rings is 2. The number of nitrogens with zero attached hydrogens (tertiary/aromatic N) is 3. The van der Waals surface area contributed by atoms with E-state index in [4.69, 9.17) is 16.1 Å². The second-order valence-corrected chi connectivity index (χ2v) is 7.10. The molecule has 0 saturated carbocycles. The van der Waals surface area contributed by atoms with Crippen LogP contribution in [0.3, 0.4) is 0 Å². The first kappa shape index (κ1) is 19.3. The van der Waals surface area contributed by atoms with Crippen LogP contribution in [0.15, 0.2) is 67.0 Å². The SMILES string of the molecule is Cn1c(Cc2ccc(C(=N)N)cc2)nc2cc(NCC(=O)c3cccnc3)ccc21. The molecule has 30 heavy (non-hydrogen) atoms. The molecule has 2 heterocycles. The number of fused-ring (bicyclic) bond motifs is 1. The topological polar surface area (TPSA) is 110 Å². The van der Waals surface area contributed by atoms with E-state index < -0.39 is 0 Å². The largest absolute Gasteiger partial charge is 0.384 e.